The van der Waals surface area contributed by atoms with Gasteiger partial charge in [0.1, 0.15) is 5.75 Å². The van der Waals surface area contributed by atoms with E-state index in [-0.39, 0.29) is 28.4 Å². The number of phenols is 1. The summed E-state index contributed by atoms with van der Waals surface area (Å²) in [6.07, 6.45) is 8.39. The molecule has 0 saturated heterocycles. The maximum Gasteiger partial charge on any atom is 0.175 e. The zero-order valence-corrected chi connectivity index (χ0v) is 10.7. The van der Waals surface area contributed by atoms with Gasteiger partial charge in [-0.15, -0.1) is 0 Å². The molecular formula is C16H13NO3. The summed E-state index contributed by atoms with van der Waals surface area (Å²) in [6.45, 7) is 3.56. The maximum absolute atomic E-state index is 12.6. The van der Waals surface area contributed by atoms with Crippen LogP contribution in [-0.2, 0) is 0 Å². The molecule has 3 rings (SSSR count). The Labute approximate surface area is 116 Å². The van der Waals surface area contributed by atoms with E-state index in [1.54, 1.807) is 30.4 Å². The van der Waals surface area contributed by atoms with E-state index < -0.39 is 11.8 Å². The van der Waals surface area contributed by atoms with Crippen LogP contribution in [0.25, 0.3) is 0 Å². The molecule has 0 bridgehead atoms. The van der Waals surface area contributed by atoms with Crippen molar-refractivity contribution in [3.05, 3.63) is 60.3 Å². The van der Waals surface area contributed by atoms with Gasteiger partial charge in [-0.2, -0.15) is 0 Å². The number of anilines is 1. The van der Waals surface area contributed by atoms with Crippen LogP contribution < -0.4 is 5.32 Å². The third-order valence-electron chi connectivity index (χ3n) is 3.67. The number of Topliss-reactive ketones (excluding diaryl/α,β-unsaturated/α-hetero) is 2. The van der Waals surface area contributed by atoms with Gasteiger partial charge in [0.05, 0.1) is 23.0 Å². The summed E-state index contributed by atoms with van der Waals surface area (Å²) < 4.78 is 0. The molecule has 0 aromatic heterocycles. The fourth-order valence-corrected chi connectivity index (χ4v) is 2.77. The molecule has 2 atom stereocenters. The predicted octanol–water partition coefficient (Wildman–Crippen LogP) is 2.69. The van der Waals surface area contributed by atoms with Crippen molar-refractivity contribution in [3.8, 4) is 5.75 Å². The number of hydrogen-bond donors (Lipinski definition) is 2. The summed E-state index contributed by atoms with van der Waals surface area (Å²) in [6, 6.07) is 2.99. The van der Waals surface area contributed by atoms with Crippen LogP contribution in [0.2, 0.25) is 0 Å². The molecule has 0 fully saturated rings. The standard InChI is InChI=1S/C16H13NO3/c1-2-17-11-7-8-12(18)14-13(11)15(19)9-5-3-4-6-10(9)16(14)20/h2-10,17-18H,1H2. The highest BCUT2D eigenvalue weighted by molar-refractivity contribution is 6.21. The lowest BCUT2D eigenvalue weighted by atomic mass is 9.71. The van der Waals surface area contributed by atoms with Crippen molar-refractivity contribution in [2.45, 2.75) is 0 Å². The second-order valence-electron chi connectivity index (χ2n) is 4.78. The van der Waals surface area contributed by atoms with Gasteiger partial charge >= 0.3 is 0 Å². The SMILES string of the molecule is C=CNc1ccc(O)c2c1C(=O)C1C=CC=CC1C2=O. The number of phenolic OH excluding ortho intramolecular Hbond substituents is 1. The second kappa shape index (κ2) is 4.49. The number of fused-ring (bicyclic) bond motifs is 2. The largest absolute Gasteiger partial charge is 0.507 e. The van der Waals surface area contributed by atoms with Crippen LogP contribution in [0.1, 0.15) is 20.7 Å². The molecule has 0 heterocycles. The minimum absolute atomic E-state index is 0.100. The smallest absolute Gasteiger partial charge is 0.175 e. The molecule has 0 spiro atoms. The number of nitrogens with one attached hydrogen (secondary N) is 1. The molecule has 2 N–H and O–H groups in total. The van der Waals surface area contributed by atoms with Gasteiger partial charge < -0.3 is 10.4 Å². The Hall–Kier alpha value is -2.62. The van der Waals surface area contributed by atoms with Gasteiger partial charge in [0.25, 0.3) is 0 Å². The van der Waals surface area contributed by atoms with E-state index in [0.717, 1.165) is 0 Å². The molecule has 1 aromatic rings. The van der Waals surface area contributed by atoms with Crippen molar-refractivity contribution in [2.75, 3.05) is 5.32 Å². The monoisotopic (exact) mass is 267 g/mol. The first-order chi connectivity index (χ1) is 9.65. The van der Waals surface area contributed by atoms with Crippen molar-refractivity contribution >= 4 is 17.3 Å². The molecule has 0 saturated carbocycles. The quantitative estimate of drug-likeness (QED) is 0.808. The van der Waals surface area contributed by atoms with Crippen molar-refractivity contribution in [3.63, 3.8) is 0 Å². The van der Waals surface area contributed by atoms with Gasteiger partial charge in [-0.25, -0.2) is 0 Å². The van der Waals surface area contributed by atoms with E-state index >= 15 is 0 Å². The molecule has 2 aliphatic rings. The topological polar surface area (TPSA) is 66.4 Å². The summed E-state index contributed by atoms with van der Waals surface area (Å²) in [5.74, 6) is -1.56. The number of aromatic hydroxyl groups is 1. The minimum Gasteiger partial charge on any atom is -0.507 e. The van der Waals surface area contributed by atoms with Crippen LogP contribution in [0.3, 0.4) is 0 Å². The number of hydrogen-bond acceptors (Lipinski definition) is 4. The van der Waals surface area contributed by atoms with Gasteiger partial charge in [0.15, 0.2) is 11.6 Å². The number of benzene rings is 1. The van der Waals surface area contributed by atoms with Crippen molar-refractivity contribution < 1.29 is 14.7 Å². The first-order valence-corrected chi connectivity index (χ1v) is 6.32. The van der Waals surface area contributed by atoms with Gasteiger partial charge in [0, 0.05) is 5.69 Å². The molecule has 100 valence electrons. The lowest BCUT2D eigenvalue weighted by Crippen LogP contribution is -2.35. The Balaban J connectivity index is 2.26. The van der Waals surface area contributed by atoms with E-state index in [4.69, 9.17) is 0 Å². The fourth-order valence-electron chi connectivity index (χ4n) is 2.77. The molecule has 4 nitrogen and oxygen atoms in total. The maximum atomic E-state index is 12.6. The first-order valence-electron chi connectivity index (χ1n) is 6.32. The third-order valence-corrected chi connectivity index (χ3v) is 3.67. The summed E-state index contributed by atoms with van der Waals surface area (Å²) in [5.41, 5.74) is 0.840. The number of ketones is 2. The van der Waals surface area contributed by atoms with Crippen molar-refractivity contribution in [2.24, 2.45) is 11.8 Å². The zero-order valence-electron chi connectivity index (χ0n) is 10.7. The zero-order chi connectivity index (χ0) is 14.3. The van der Waals surface area contributed by atoms with E-state index in [1.165, 1.54) is 12.3 Å². The van der Waals surface area contributed by atoms with Gasteiger partial charge in [-0.1, -0.05) is 30.9 Å². The third kappa shape index (κ3) is 1.61. The fraction of sp³-hybridized carbons (Fsp3) is 0.125. The highest BCUT2D eigenvalue weighted by atomic mass is 16.3. The van der Waals surface area contributed by atoms with Crippen molar-refractivity contribution in [1.82, 2.24) is 0 Å². The highest BCUT2D eigenvalue weighted by Gasteiger charge is 2.42. The molecule has 2 aliphatic carbocycles. The number of carbonyl (C=O) groups excluding carboxylic acids is 2. The summed E-state index contributed by atoms with van der Waals surface area (Å²) in [5, 5.41) is 12.8. The van der Waals surface area contributed by atoms with Crippen LogP contribution >= 0.6 is 0 Å². The molecular weight excluding hydrogens is 254 g/mol. The first kappa shape index (κ1) is 12.4. The molecule has 0 amide bonds. The van der Waals surface area contributed by atoms with Gasteiger partial charge in [0.2, 0.25) is 0 Å². The van der Waals surface area contributed by atoms with E-state index in [0.29, 0.717) is 5.69 Å². The average Bonchev–Trinajstić information content (AvgIpc) is 2.47. The minimum atomic E-state index is -0.523. The Bertz CT molecular complexity index is 685. The number of rotatable bonds is 2. The van der Waals surface area contributed by atoms with Gasteiger partial charge in [-0.05, 0) is 18.3 Å². The predicted molar refractivity (Wildman–Crippen MR) is 75.8 cm³/mol. The molecule has 0 aliphatic heterocycles. The molecule has 2 unspecified atom stereocenters. The molecule has 1 aromatic carbocycles. The van der Waals surface area contributed by atoms with E-state index in [2.05, 4.69) is 11.9 Å². The number of allylic oxidation sites excluding steroid dienone is 4. The Morgan fingerprint density at radius 2 is 1.65 bits per heavy atom. The Morgan fingerprint density at radius 3 is 2.25 bits per heavy atom. The molecule has 20 heavy (non-hydrogen) atoms. The van der Waals surface area contributed by atoms with E-state index in [9.17, 15) is 14.7 Å². The van der Waals surface area contributed by atoms with Crippen LogP contribution in [-0.4, -0.2) is 16.7 Å². The Kier molecular flexibility index (Phi) is 2.79. The van der Waals surface area contributed by atoms with Crippen LogP contribution in [0.15, 0.2) is 49.2 Å². The van der Waals surface area contributed by atoms with Crippen LogP contribution in [0.5, 0.6) is 5.75 Å². The van der Waals surface area contributed by atoms with Crippen molar-refractivity contribution in [1.29, 1.82) is 0 Å². The lowest BCUT2D eigenvalue weighted by Gasteiger charge is -2.29. The summed E-state index contributed by atoms with van der Waals surface area (Å²) in [7, 11) is 0. The summed E-state index contributed by atoms with van der Waals surface area (Å²) in [4.78, 5) is 25.1. The lowest BCUT2D eigenvalue weighted by molar-refractivity contribution is 0.0799. The second-order valence-corrected chi connectivity index (χ2v) is 4.78. The Morgan fingerprint density at radius 1 is 1.05 bits per heavy atom. The van der Waals surface area contributed by atoms with Crippen LogP contribution in [0, 0.1) is 11.8 Å². The van der Waals surface area contributed by atoms with E-state index in [1.807, 2.05) is 0 Å². The van der Waals surface area contributed by atoms with Gasteiger partial charge in [-0.3, -0.25) is 9.59 Å². The number of carbonyl (C=O) groups is 2. The summed E-state index contributed by atoms with van der Waals surface area (Å²) >= 11 is 0. The molecule has 4 heteroatoms. The normalized spacial score (nSPS) is 23.2. The average molecular weight is 267 g/mol. The highest BCUT2D eigenvalue weighted by Crippen LogP contribution is 2.40. The molecule has 0 radical (unpaired) electrons. The van der Waals surface area contributed by atoms with Crippen LogP contribution in [0.4, 0.5) is 5.69 Å².